The Morgan fingerprint density at radius 1 is 0.970 bits per heavy atom. The molecule has 1 saturated carbocycles. The molecular formula is C25H25FN6O. The number of carbonyl (C=O) groups is 1. The van der Waals surface area contributed by atoms with Gasteiger partial charge in [-0.25, -0.2) is 13.9 Å². The molecule has 0 aliphatic heterocycles. The summed E-state index contributed by atoms with van der Waals surface area (Å²) < 4.78 is 14.8. The number of halogens is 1. The fourth-order valence-corrected chi connectivity index (χ4v) is 4.15. The second-order valence-electron chi connectivity index (χ2n) is 8.25. The van der Waals surface area contributed by atoms with Crippen LogP contribution in [0.15, 0.2) is 66.9 Å². The summed E-state index contributed by atoms with van der Waals surface area (Å²) in [5.41, 5.74) is 2.98. The Labute approximate surface area is 191 Å². The summed E-state index contributed by atoms with van der Waals surface area (Å²) >= 11 is 0. The molecule has 1 aliphatic rings. The molecule has 168 valence electrons. The number of nitrogens with zero attached hydrogens (tertiary/aromatic N) is 3. The van der Waals surface area contributed by atoms with Crippen LogP contribution in [0.2, 0.25) is 0 Å². The molecule has 1 aliphatic carbocycles. The lowest BCUT2D eigenvalue weighted by Crippen LogP contribution is -2.24. The summed E-state index contributed by atoms with van der Waals surface area (Å²) in [5.74, 6) is -0.0525. The van der Waals surface area contributed by atoms with Crippen LogP contribution in [0.3, 0.4) is 0 Å². The lowest BCUT2D eigenvalue weighted by Gasteiger charge is -2.23. The lowest BCUT2D eigenvalue weighted by molar-refractivity contribution is 0.102. The van der Waals surface area contributed by atoms with Gasteiger partial charge in [0.2, 0.25) is 0 Å². The van der Waals surface area contributed by atoms with Gasteiger partial charge in [-0.05, 0) is 49.2 Å². The molecule has 2 aromatic heterocycles. The maximum absolute atomic E-state index is 13.2. The Morgan fingerprint density at radius 3 is 2.48 bits per heavy atom. The van der Waals surface area contributed by atoms with E-state index in [9.17, 15) is 9.18 Å². The van der Waals surface area contributed by atoms with Crippen molar-refractivity contribution in [2.75, 3.05) is 16.0 Å². The minimum Gasteiger partial charge on any atom is -0.366 e. The van der Waals surface area contributed by atoms with E-state index in [1.54, 1.807) is 4.52 Å². The summed E-state index contributed by atoms with van der Waals surface area (Å²) in [6, 6.07) is 17.7. The van der Waals surface area contributed by atoms with E-state index in [2.05, 4.69) is 20.9 Å². The van der Waals surface area contributed by atoms with E-state index in [1.165, 1.54) is 49.7 Å². The molecule has 4 aromatic rings. The van der Waals surface area contributed by atoms with Crippen LogP contribution in [0.5, 0.6) is 0 Å². The number of benzene rings is 2. The Hall–Kier alpha value is -3.94. The first kappa shape index (κ1) is 20.9. The van der Waals surface area contributed by atoms with Crippen molar-refractivity contribution in [1.82, 2.24) is 14.6 Å². The van der Waals surface area contributed by atoms with E-state index in [-0.39, 0.29) is 17.4 Å². The third-order valence-corrected chi connectivity index (χ3v) is 5.81. The number of nitrogens with one attached hydrogen (secondary N) is 3. The van der Waals surface area contributed by atoms with Crippen LogP contribution in [0.25, 0.3) is 5.65 Å². The molecule has 8 heteroatoms. The molecule has 2 aromatic carbocycles. The highest BCUT2D eigenvalue weighted by atomic mass is 19.1. The molecular weight excluding hydrogens is 419 g/mol. The Kier molecular flexibility index (Phi) is 5.89. The van der Waals surface area contributed by atoms with Crippen LogP contribution >= 0.6 is 0 Å². The number of para-hydroxylation sites is 1. The van der Waals surface area contributed by atoms with Gasteiger partial charge in [-0.15, -0.1) is 5.10 Å². The first-order chi connectivity index (χ1) is 16.2. The number of rotatable bonds is 6. The van der Waals surface area contributed by atoms with Gasteiger partial charge in [-0.1, -0.05) is 37.5 Å². The van der Waals surface area contributed by atoms with E-state index < -0.39 is 0 Å². The summed E-state index contributed by atoms with van der Waals surface area (Å²) in [5, 5.41) is 14.4. The molecule has 1 fully saturated rings. The van der Waals surface area contributed by atoms with Crippen molar-refractivity contribution in [3.8, 4) is 0 Å². The van der Waals surface area contributed by atoms with Gasteiger partial charge >= 0.3 is 0 Å². The normalized spacial score (nSPS) is 14.2. The van der Waals surface area contributed by atoms with E-state index in [4.69, 9.17) is 5.10 Å². The predicted molar refractivity (Wildman–Crippen MR) is 128 cm³/mol. The average molecular weight is 445 g/mol. The molecule has 0 radical (unpaired) electrons. The molecule has 0 bridgehead atoms. The van der Waals surface area contributed by atoms with Crippen LogP contribution in [0.1, 0.15) is 42.6 Å². The molecule has 2 heterocycles. The van der Waals surface area contributed by atoms with Crippen LogP contribution < -0.4 is 16.0 Å². The fraction of sp³-hybridized carbons (Fsp3) is 0.240. The summed E-state index contributed by atoms with van der Waals surface area (Å²) in [6.45, 7) is 0. The van der Waals surface area contributed by atoms with Crippen LogP contribution in [0.4, 0.5) is 27.3 Å². The number of aromatic nitrogens is 3. The van der Waals surface area contributed by atoms with Gasteiger partial charge in [0.05, 0.1) is 11.9 Å². The highest BCUT2D eigenvalue weighted by molar-refractivity contribution is 6.03. The molecule has 0 spiro atoms. The lowest BCUT2D eigenvalue weighted by atomic mass is 9.95. The number of amides is 1. The van der Waals surface area contributed by atoms with Gasteiger partial charge in [-0.3, -0.25) is 4.79 Å². The van der Waals surface area contributed by atoms with Gasteiger partial charge < -0.3 is 16.0 Å². The minimum atomic E-state index is -0.373. The number of hydrogen-bond donors (Lipinski definition) is 3. The molecule has 1 amide bonds. The fourth-order valence-electron chi connectivity index (χ4n) is 4.15. The Morgan fingerprint density at radius 2 is 1.73 bits per heavy atom. The highest BCUT2D eigenvalue weighted by Crippen LogP contribution is 2.27. The van der Waals surface area contributed by atoms with Crippen molar-refractivity contribution in [2.24, 2.45) is 0 Å². The molecule has 0 saturated heterocycles. The molecule has 5 rings (SSSR count). The van der Waals surface area contributed by atoms with Crippen molar-refractivity contribution in [3.63, 3.8) is 0 Å². The second-order valence-corrected chi connectivity index (χ2v) is 8.25. The standard InChI is InChI=1S/C25H25FN6O/c26-17-11-13-20(14-12-17)30-25(33)22-16-27-24-21(28-18-7-3-1-4-8-18)15-23(31-32(22)24)29-19-9-5-2-6-10-19/h1,3-4,7-8,11-16,19,28H,2,5-6,9-10H2,(H,29,31)(H,30,33). The van der Waals surface area contributed by atoms with Gasteiger partial charge in [0.25, 0.3) is 5.91 Å². The molecule has 7 nitrogen and oxygen atoms in total. The van der Waals surface area contributed by atoms with E-state index >= 15 is 0 Å². The van der Waals surface area contributed by atoms with Gasteiger partial charge in [0.1, 0.15) is 11.6 Å². The van der Waals surface area contributed by atoms with Gasteiger partial charge in [0.15, 0.2) is 11.3 Å². The minimum absolute atomic E-state index is 0.290. The van der Waals surface area contributed by atoms with Crippen LogP contribution in [0, 0.1) is 5.82 Å². The van der Waals surface area contributed by atoms with E-state index in [0.29, 0.717) is 23.2 Å². The van der Waals surface area contributed by atoms with E-state index in [0.717, 1.165) is 24.2 Å². The Balaban J connectivity index is 1.50. The van der Waals surface area contributed by atoms with Crippen molar-refractivity contribution in [3.05, 3.63) is 78.4 Å². The van der Waals surface area contributed by atoms with Gasteiger partial charge in [-0.2, -0.15) is 0 Å². The molecule has 33 heavy (non-hydrogen) atoms. The first-order valence-corrected chi connectivity index (χ1v) is 11.2. The second kappa shape index (κ2) is 9.28. The number of anilines is 4. The molecule has 3 N–H and O–H groups in total. The average Bonchev–Trinajstić information content (AvgIpc) is 3.26. The van der Waals surface area contributed by atoms with Crippen molar-refractivity contribution < 1.29 is 9.18 Å². The molecule has 0 atom stereocenters. The maximum atomic E-state index is 13.2. The van der Waals surface area contributed by atoms with Crippen molar-refractivity contribution in [2.45, 2.75) is 38.1 Å². The van der Waals surface area contributed by atoms with Crippen LogP contribution in [-0.2, 0) is 0 Å². The Bertz CT molecular complexity index is 1250. The zero-order valence-electron chi connectivity index (χ0n) is 18.1. The van der Waals surface area contributed by atoms with Gasteiger partial charge in [0, 0.05) is 23.5 Å². The summed E-state index contributed by atoms with van der Waals surface area (Å²) in [6.07, 6.45) is 7.37. The maximum Gasteiger partial charge on any atom is 0.276 e. The number of imidazole rings is 1. The zero-order chi connectivity index (χ0) is 22.6. The number of carbonyl (C=O) groups excluding carboxylic acids is 1. The predicted octanol–water partition coefficient (Wildman–Crippen LogP) is 5.61. The topological polar surface area (TPSA) is 83.3 Å². The highest BCUT2D eigenvalue weighted by Gasteiger charge is 2.19. The first-order valence-electron chi connectivity index (χ1n) is 11.2. The quantitative estimate of drug-likeness (QED) is 0.360. The largest absolute Gasteiger partial charge is 0.366 e. The third kappa shape index (κ3) is 4.79. The van der Waals surface area contributed by atoms with E-state index in [1.807, 2.05) is 36.4 Å². The molecule has 0 unspecified atom stereocenters. The zero-order valence-corrected chi connectivity index (χ0v) is 18.1. The summed E-state index contributed by atoms with van der Waals surface area (Å²) in [7, 11) is 0. The number of hydrogen-bond acceptors (Lipinski definition) is 5. The monoisotopic (exact) mass is 444 g/mol. The van der Waals surface area contributed by atoms with Crippen molar-refractivity contribution >= 4 is 34.4 Å². The van der Waals surface area contributed by atoms with Crippen LogP contribution in [-0.4, -0.2) is 26.5 Å². The number of fused-ring (bicyclic) bond motifs is 1. The smallest absolute Gasteiger partial charge is 0.276 e. The van der Waals surface area contributed by atoms with Crippen molar-refractivity contribution in [1.29, 1.82) is 0 Å². The SMILES string of the molecule is O=C(Nc1ccc(F)cc1)c1cnc2c(Nc3ccccc3)cc(NC3CCCCC3)nn12. The third-order valence-electron chi connectivity index (χ3n) is 5.81. The summed E-state index contributed by atoms with van der Waals surface area (Å²) in [4.78, 5) is 17.5.